The average molecular weight is 407 g/mol. The first-order valence-electron chi connectivity index (χ1n) is 9.47. The minimum Gasteiger partial charge on any atom is -0.507 e. The molecule has 0 aromatic heterocycles. The molecule has 1 aliphatic rings. The molecule has 3 rings (SSSR count). The molecule has 0 aliphatic carbocycles. The van der Waals surface area contributed by atoms with Crippen molar-refractivity contribution in [3.05, 3.63) is 42.2 Å². The lowest BCUT2D eigenvalue weighted by Gasteiger charge is -2.30. The highest BCUT2D eigenvalue weighted by molar-refractivity contribution is 7.99. The number of fused-ring (bicyclic) bond motifs is 1. The number of benzene rings is 2. The molecule has 1 atom stereocenters. The second-order valence-corrected chi connectivity index (χ2v) is 9.25. The van der Waals surface area contributed by atoms with Gasteiger partial charge in [-0.1, -0.05) is 26.7 Å². The molecule has 0 bridgehead atoms. The van der Waals surface area contributed by atoms with E-state index in [1.54, 1.807) is 23.7 Å². The number of anilines is 2. The first-order valence-corrected chi connectivity index (χ1v) is 11.2. The van der Waals surface area contributed by atoms with Gasteiger partial charge in [-0.05, 0) is 67.6 Å². The summed E-state index contributed by atoms with van der Waals surface area (Å²) in [4.78, 5) is 4.18. The molecule has 0 radical (unpaired) electrons. The number of hydrogen-bond donors (Lipinski definition) is 1. The zero-order chi connectivity index (χ0) is 19.4. The maximum absolute atomic E-state index is 13.5. The van der Waals surface area contributed by atoms with Crippen LogP contribution in [0.4, 0.5) is 15.8 Å². The number of rotatable bonds is 6. The van der Waals surface area contributed by atoms with Gasteiger partial charge in [-0.15, -0.1) is 11.8 Å². The molecule has 1 N–H and O–H groups in total. The van der Waals surface area contributed by atoms with Gasteiger partial charge in [-0.3, -0.25) is 0 Å². The molecule has 0 saturated heterocycles. The van der Waals surface area contributed by atoms with Crippen LogP contribution in [0, 0.1) is 5.82 Å². The second-order valence-electron chi connectivity index (χ2n) is 6.74. The number of phenolic OH excluding ortho intramolecular Hbond substituents is 1. The van der Waals surface area contributed by atoms with E-state index in [4.69, 9.17) is 0 Å². The van der Waals surface area contributed by atoms with Crippen molar-refractivity contribution in [2.24, 2.45) is 0 Å². The van der Waals surface area contributed by atoms with E-state index in [0.29, 0.717) is 11.8 Å². The summed E-state index contributed by atoms with van der Waals surface area (Å²) in [7, 11) is 2.12. The molecule has 6 heteroatoms. The average Bonchev–Trinajstić information content (AvgIpc) is 2.77. The summed E-state index contributed by atoms with van der Waals surface area (Å²) in [6, 6.07) is 11.0. The van der Waals surface area contributed by atoms with Crippen molar-refractivity contribution in [3.8, 4) is 5.75 Å². The Morgan fingerprint density at radius 2 is 1.96 bits per heavy atom. The number of aromatic hydroxyl groups is 1. The van der Waals surface area contributed by atoms with Crippen LogP contribution in [0.15, 0.2) is 46.2 Å². The first-order chi connectivity index (χ1) is 13.0. The normalized spacial score (nSPS) is 17.6. The fraction of sp³-hybridized carbons (Fsp3) is 0.429. The summed E-state index contributed by atoms with van der Waals surface area (Å²) < 4.78 is 15.8. The van der Waals surface area contributed by atoms with Crippen molar-refractivity contribution < 1.29 is 9.50 Å². The van der Waals surface area contributed by atoms with Gasteiger partial charge >= 0.3 is 0 Å². The standard InChI is InChI=1S/C21H27FN2OS2/c1-4-6-7-17-14-24(16-10-8-15(22)9-11-16)18-12-21(26-5-2)19(25)13-20(18)27-23(17)3/h8-13,17,25H,4-7,14H2,1-3H3. The van der Waals surface area contributed by atoms with Crippen molar-refractivity contribution in [2.45, 2.75) is 48.9 Å². The summed E-state index contributed by atoms with van der Waals surface area (Å²) in [6.07, 6.45) is 3.44. The third-order valence-electron chi connectivity index (χ3n) is 4.81. The maximum atomic E-state index is 13.5. The van der Waals surface area contributed by atoms with Crippen LogP contribution < -0.4 is 4.90 Å². The number of thioether (sulfide) groups is 1. The zero-order valence-corrected chi connectivity index (χ0v) is 17.7. The topological polar surface area (TPSA) is 26.7 Å². The van der Waals surface area contributed by atoms with Gasteiger partial charge < -0.3 is 10.0 Å². The monoisotopic (exact) mass is 406 g/mol. The largest absolute Gasteiger partial charge is 0.507 e. The number of phenols is 1. The molecule has 0 fully saturated rings. The Hall–Kier alpha value is -1.37. The fourth-order valence-corrected chi connectivity index (χ4v) is 5.10. The van der Waals surface area contributed by atoms with Crippen molar-refractivity contribution in [1.29, 1.82) is 0 Å². The van der Waals surface area contributed by atoms with Gasteiger partial charge in [0, 0.05) is 18.3 Å². The van der Waals surface area contributed by atoms with Crippen LogP contribution in [0.3, 0.4) is 0 Å². The molecule has 27 heavy (non-hydrogen) atoms. The molecule has 0 spiro atoms. The molecular formula is C21H27FN2OS2. The Balaban J connectivity index is 2.06. The van der Waals surface area contributed by atoms with Crippen LogP contribution in [0.5, 0.6) is 5.75 Å². The van der Waals surface area contributed by atoms with E-state index in [-0.39, 0.29) is 5.82 Å². The van der Waals surface area contributed by atoms with E-state index in [0.717, 1.165) is 46.3 Å². The van der Waals surface area contributed by atoms with E-state index in [1.165, 1.54) is 18.6 Å². The molecule has 3 nitrogen and oxygen atoms in total. The van der Waals surface area contributed by atoms with Crippen LogP contribution in [0.2, 0.25) is 0 Å². The van der Waals surface area contributed by atoms with Gasteiger partial charge in [-0.2, -0.15) is 0 Å². The summed E-state index contributed by atoms with van der Waals surface area (Å²) in [5, 5.41) is 10.5. The van der Waals surface area contributed by atoms with E-state index >= 15 is 0 Å². The van der Waals surface area contributed by atoms with Gasteiger partial charge in [0.1, 0.15) is 11.6 Å². The highest BCUT2D eigenvalue weighted by Crippen LogP contribution is 2.45. The molecule has 0 saturated carbocycles. The molecule has 146 valence electrons. The lowest BCUT2D eigenvalue weighted by molar-refractivity contribution is 0.382. The predicted molar refractivity (Wildman–Crippen MR) is 115 cm³/mol. The molecular weight excluding hydrogens is 379 g/mol. The van der Waals surface area contributed by atoms with Crippen LogP contribution >= 0.6 is 23.7 Å². The van der Waals surface area contributed by atoms with Gasteiger partial charge in [0.25, 0.3) is 0 Å². The van der Waals surface area contributed by atoms with Crippen LogP contribution in [0.1, 0.15) is 33.1 Å². The van der Waals surface area contributed by atoms with Crippen molar-refractivity contribution in [2.75, 3.05) is 24.2 Å². The predicted octanol–water partition coefficient (Wildman–Crippen LogP) is 6.29. The maximum Gasteiger partial charge on any atom is 0.130 e. The number of halogens is 1. The summed E-state index contributed by atoms with van der Waals surface area (Å²) in [5.41, 5.74) is 2.05. The van der Waals surface area contributed by atoms with Crippen molar-refractivity contribution >= 4 is 35.1 Å². The minimum absolute atomic E-state index is 0.226. The summed E-state index contributed by atoms with van der Waals surface area (Å²) in [6.45, 7) is 5.13. The third kappa shape index (κ3) is 4.73. The molecule has 1 unspecified atom stereocenters. The Morgan fingerprint density at radius 1 is 1.22 bits per heavy atom. The lowest BCUT2D eigenvalue weighted by atomic mass is 10.1. The second kappa shape index (κ2) is 9.22. The summed E-state index contributed by atoms with van der Waals surface area (Å²) >= 11 is 3.32. The summed E-state index contributed by atoms with van der Waals surface area (Å²) in [5.74, 6) is 0.998. The van der Waals surface area contributed by atoms with Gasteiger partial charge in [0.2, 0.25) is 0 Å². The fourth-order valence-electron chi connectivity index (χ4n) is 3.33. The van der Waals surface area contributed by atoms with E-state index in [1.807, 2.05) is 18.2 Å². The Bertz CT molecular complexity index is 770. The SMILES string of the molecule is CCCCC1CN(c2ccc(F)cc2)c2cc(SCC)c(O)cc2SN1C. The Morgan fingerprint density at radius 3 is 2.63 bits per heavy atom. The highest BCUT2D eigenvalue weighted by atomic mass is 32.2. The smallest absolute Gasteiger partial charge is 0.130 e. The highest BCUT2D eigenvalue weighted by Gasteiger charge is 2.28. The van der Waals surface area contributed by atoms with E-state index in [9.17, 15) is 9.50 Å². The van der Waals surface area contributed by atoms with Gasteiger partial charge in [0.15, 0.2) is 0 Å². The molecule has 0 amide bonds. The minimum atomic E-state index is -0.226. The number of nitrogens with zero attached hydrogens (tertiary/aromatic N) is 2. The van der Waals surface area contributed by atoms with Crippen LogP contribution in [-0.4, -0.2) is 34.8 Å². The number of unbranched alkanes of at least 4 members (excludes halogenated alkanes) is 1. The van der Waals surface area contributed by atoms with Gasteiger partial charge in [-0.25, -0.2) is 8.70 Å². The molecule has 2 aromatic rings. The van der Waals surface area contributed by atoms with Gasteiger partial charge in [0.05, 0.1) is 15.5 Å². The van der Waals surface area contributed by atoms with Crippen molar-refractivity contribution in [3.63, 3.8) is 0 Å². The van der Waals surface area contributed by atoms with Crippen LogP contribution in [-0.2, 0) is 0 Å². The quantitative estimate of drug-likeness (QED) is 0.449. The number of likely N-dealkylation sites (N-methyl/N-ethyl adjacent to an activating group) is 1. The zero-order valence-electron chi connectivity index (χ0n) is 16.1. The molecule has 1 aliphatic heterocycles. The molecule has 2 aromatic carbocycles. The van der Waals surface area contributed by atoms with Crippen molar-refractivity contribution in [1.82, 2.24) is 4.31 Å². The molecule has 1 heterocycles. The Labute approximate surface area is 170 Å². The van der Waals surface area contributed by atoms with Crippen LogP contribution in [0.25, 0.3) is 0 Å². The Kier molecular flexibility index (Phi) is 6.95. The number of hydrogen-bond acceptors (Lipinski definition) is 5. The van der Waals surface area contributed by atoms with E-state index < -0.39 is 0 Å². The lowest BCUT2D eigenvalue weighted by Crippen LogP contribution is -2.35. The first kappa shape index (κ1) is 20.4. The van der Waals surface area contributed by atoms with E-state index in [2.05, 4.69) is 36.2 Å². The third-order valence-corrected chi connectivity index (χ3v) is 6.85.